The molecule has 1 aromatic heterocycles. The van der Waals surface area contributed by atoms with Crippen molar-refractivity contribution in [2.24, 2.45) is 0 Å². The smallest absolute Gasteiger partial charge is 0.298 e. The molecule has 1 aliphatic heterocycles. The van der Waals surface area contributed by atoms with Gasteiger partial charge in [-0.2, -0.15) is 9.36 Å². The fraction of sp³-hybridized carbons (Fsp3) is 0.375. The molecule has 1 amide bonds. The summed E-state index contributed by atoms with van der Waals surface area (Å²) < 4.78 is 15.5. The zero-order valence-corrected chi connectivity index (χ0v) is 19.1. The molecule has 1 saturated heterocycles. The maximum atomic E-state index is 12.2. The third kappa shape index (κ3) is 6.51. The molecule has 4 rings (SSSR count). The monoisotopic (exact) mass is 452 g/mol. The predicted molar refractivity (Wildman–Crippen MR) is 125 cm³/mol. The molecule has 0 radical (unpaired) electrons. The van der Waals surface area contributed by atoms with Crippen molar-refractivity contribution in [3.63, 3.8) is 0 Å². The number of hydrogen-bond acceptors (Lipinski definition) is 7. The number of hydrogen-bond donors (Lipinski definition) is 1. The van der Waals surface area contributed by atoms with E-state index >= 15 is 0 Å². The van der Waals surface area contributed by atoms with Gasteiger partial charge in [0.05, 0.1) is 13.5 Å². The summed E-state index contributed by atoms with van der Waals surface area (Å²) in [6, 6.07) is 15.4. The van der Waals surface area contributed by atoms with E-state index in [2.05, 4.69) is 19.6 Å². The lowest BCUT2D eigenvalue weighted by Gasteiger charge is -2.14. The van der Waals surface area contributed by atoms with Gasteiger partial charge < -0.3 is 19.7 Å². The second-order valence-electron chi connectivity index (χ2n) is 7.83. The van der Waals surface area contributed by atoms with Crippen LogP contribution in [0.5, 0.6) is 16.7 Å². The standard InChI is InChI=1S/C24H28N4O3S/c1-30-21-6-4-5-19(15-21)16-22-26-24(32-27-22)31-20-9-7-18(8-10-20)17-23(29)25-11-14-28-12-2-3-13-28/h4-10,15H,2-3,11-14,16-17H2,1H3,(H,25,29). The molecule has 1 aliphatic rings. The van der Waals surface area contributed by atoms with Gasteiger partial charge in [-0.1, -0.05) is 24.3 Å². The number of carbonyl (C=O) groups excluding carboxylic acids is 1. The lowest BCUT2D eigenvalue weighted by Crippen LogP contribution is -2.34. The molecular weight excluding hydrogens is 424 g/mol. The minimum absolute atomic E-state index is 0.0455. The average Bonchev–Trinajstić information content (AvgIpc) is 3.47. The van der Waals surface area contributed by atoms with Gasteiger partial charge in [-0.15, -0.1) is 0 Å². The molecule has 168 valence electrons. The summed E-state index contributed by atoms with van der Waals surface area (Å²) in [5, 5.41) is 3.50. The molecule has 0 aliphatic carbocycles. The number of likely N-dealkylation sites (tertiary alicyclic amines) is 1. The number of methoxy groups -OCH3 is 1. The summed E-state index contributed by atoms with van der Waals surface area (Å²) in [6.45, 7) is 3.93. The summed E-state index contributed by atoms with van der Waals surface area (Å²) in [7, 11) is 1.65. The van der Waals surface area contributed by atoms with Crippen molar-refractivity contribution in [3.8, 4) is 16.7 Å². The van der Waals surface area contributed by atoms with Crippen LogP contribution < -0.4 is 14.8 Å². The van der Waals surface area contributed by atoms with Crippen LogP contribution in [-0.2, 0) is 17.6 Å². The fourth-order valence-corrected chi connectivity index (χ4v) is 4.27. The van der Waals surface area contributed by atoms with Gasteiger partial charge in [-0.05, 0) is 61.3 Å². The number of rotatable bonds is 10. The van der Waals surface area contributed by atoms with Crippen molar-refractivity contribution < 1.29 is 14.3 Å². The topological polar surface area (TPSA) is 76.6 Å². The van der Waals surface area contributed by atoms with Crippen LogP contribution in [0.3, 0.4) is 0 Å². The number of carbonyl (C=O) groups is 1. The Morgan fingerprint density at radius 1 is 1.09 bits per heavy atom. The molecule has 32 heavy (non-hydrogen) atoms. The molecular formula is C24H28N4O3S. The van der Waals surface area contributed by atoms with E-state index in [4.69, 9.17) is 9.47 Å². The second-order valence-corrected chi connectivity index (χ2v) is 8.54. The largest absolute Gasteiger partial charge is 0.497 e. The lowest BCUT2D eigenvalue weighted by atomic mass is 10.1. The summed E-state index contributed by atoms with van der Waals surface area (Å²) >= 11 is 1.23. The molecule has 2 aromatic carbocycles. The molecule has 0 unspecified atom stereocenters. The Bertz CT molecular complexity index is 1020. The molecule has 0 spiro atoms. The maximum absolute atomic E-state index is 12.2. The van der Waals surface area contributed by atoms with Crippen molar-refractivity contribution in [1.82, 2.24) is 19.6 Å². The number of ether oxygens (including phenoxy) is 2. The summed E-state index contributed by atoms with van der Waals surface area (Å²) in [5.74, 6) is 2.24. The van der Waals surface area contributed by atoms with Crippen LogP contribution in [0.25, 0.3) is 0 Å². The van der Waals surface area contributed by atoms with E-state index in [0.29, 0.717) is 36.2 Å². The highest BCUT2D eigenvalue weighted by molar-refractivity contribution is 7.07. The zero-order chi connectivity index (χ0) is 22.2. The first-order chi connectivity index (χ1) is 15.7. The number of amides is 1. The Labute approximate surface area is 192 Å². The Morgan fingerprint density at radius 2 is 1.91 bits per heavy atom. The van der Waals surface area contributed by atoms with Gasteiger partial charge in [0.25, 0.3) is 5.19 Å². The molecule has 0 saturated carbocycles. The van der Waals surface area contributed by atoms with Gasteiger partial charge in [-0.3, -0.25) is 4.79 Å². The SMILES string of the molecule is COc1cccc(Cc2nsc(Oc3ccc(CC(=O)NCCN4CCCC4)cc3)n2)c1. The first kappa shape index (κ1) is 22.2. The minimum Gasteiger partial charge on any atom is -0.497 e. The molecule has 7 nitrogen and oxygen atoms in total. The molecule has 0 bridgehead atoms. The maximum Gasteiger partial charge on any atom is 0.298 e. The Morgan fingerprint density at radius 3 is 2.69 bits per heavy atom. The molecule has 0 atom stereocenters. The highest BCUT2D eigenvalue weighted by Gasteiger charge is 2.12. The van der Waals surface area contributed by atoms with Gasteiger partial charge in [0, 0.05) is 31.0 Å². The number of nitrogens with one attached hydrogen (secondary N) is 1. The van der Waals surface area contributed by atoms with Crippen molar-refractivity contribution >= 4 is 17.4 Å². The Kier molecular flexibility index (Phi) is 7.68. The predicted octanol–water partition coefficient (Wildman–Crippen LogP) is 3.68. The molecule has 3 aromatic rings. The van der Waals surface area contributed by atoms with E-state index in [9.17, 15) is 4.79 Å². The average molecular weight is 453 g/mol. The van der Waals surface area contributed by atoms with Crippen LogP contribution in [0, 0.1) is 0 Å². The first-order valence-electron chi connectivity index (χ1n) is 10.9. The van der Waals surface area contributed by atoms with Crippen molar-refractivity contribution in [3.05, 3.63) is 65.5 Å². The highest BCUT2D eigenvalue weighted by atomic mass is 32.1. The van der Waals surface area contributed by atoms with E-state index in [1.54, 1.807) is 7.11 Å². The number of nitrogens with zero attached hydrogens (tertiary/aromatic N) is 3. The van der Waals surface area contributed by atoms with Gasteiger partial charge >= 0.3 is 0 Å². The zero-order valence-electron chi connectivity index (χ0n) is 18.3. The Hall–Kier alpha value is -2.97. The first-order valence-corrected chi connectivity index (χ1v) is 11.7. The normalized spacial score (nSPS) is 13.8. The van der Waals surface area contributed by atoms with Gasteiger partial charge in [0.2, 0.25) is 5.91 Å². The minimum atomic E-state index is 0.0455. The van der Waals surface area contributed by atoms with Gasteiger partial charge in [0.15, 0.2) is 5.82 Å². The van der Waals surface area contributed by atoms with Crippen molar-refractivity contribution in [2.75, 3.05) is 33.3 Å². The summed E-state index contributed by atoms with van der Waals surface area (Å²) in [4.78, 5) is 19.0. The summed E-state index contributed by atoms with van der Waals surface area (Å²) in [6.07, 6.45) is 3.51. The van der Waals surface area contributed by atoms with Crippen LogP contribution in [0.4, 0.5) is 0 Å². The molecule has 8 heteroatoms. The molecule has 1 N–H and O–H groups in total. The number of benzene rings is 2. The van der Waals surface area contributed by atoms with E-state index in [-0.39, 0.29) is 5.91 Å². The second kappa shape index (κ2) is 11.1. The van der Waals surface area contributed by atoms with E-state index in [1.165, 1.54) is 24.4 Å². The number of aromatic nitrogens is 2. The van der Waals surface area contributed by atoms with Crippen LogP contribution in [0.1, 0.15) is 29.8 Å². The third-order valence-corrected chi connectivity index (χ3v) is 6.02. The van der Waals surface area contributed by atoms with Crippen LogP contribution >= 0.6 is 11.5 Å². The third-order valence-electron chi connectivity index (χ3n) is 5.39. The molecule has 2 heterocycles. The summed E-state index contributed by atoms with van der Waals surface area (Å²) in [5.41, 5.74) is 2.03. The van der Waals surface area contributed by atoms with Crippen LogP contribution in [0.15, 0.2) is 48.5 Å². The fourth-order valence-electron chi connectivity index (χ4n) is 3.70. The highest BCUT2D eigenvalue weighted by Crippen LogP contribution is 2.25. The van der Waals surface area contributed by atoms with Crippen molar-refractivity contribution in [1.29, 1.82) is 0 Å². The molecule has 1 fully saturated rings. The van der Waals surface area contributed by atoms with E-state index in [0.717, 1.165) is 36.5 Å². The van der Waals surface area contributed by atoms with Crippen LogP contribution in [-0.4, -0.2) is 53.5 Å². The van der Waals surface area contributed by atoms with E-state index in [1.807, 2.05) is 48.5 Å². The van der Waals surface area contributed by atoms with Crippen molar-refractivity contribution in [2.45, 2.75) is 25.7 Å². The van der Waals surface area contributed by atoms with Crippen LogP contribution in [0.2, 0.25) is 0 Å². The quantitative estimate of drug-likeness (QED) is 0.506. The Balaban J connectivity index is 1.24. The lowest BCUT2D eigenvalue weighted by molar-refractivity contribution is -0.120. The van der Waals surface area contributed by atoms with Gasteiger partial charge in [-0.25, -0.2) is 0 Å². The van der Waals surface area contributed by atoms with E-state index < -0.39 is 0 Å². The van der Waals surface area contributed by atoms with Gasteiger partial charge in [0.1, 0.15) is 11.5 Å².